The van der Waals surface area contributed by atoms with Gasteiger partial charge in [0.15, 0.2) is 6.29 Å². The summed E-state index contributed by atoms with van der Waals surface area (Å²) in [7, 11) is 0. The number of aliphatic hydroxyl groups excluding tert-OH is 7. The van der Waals surface area contributed by atoms with E-state index in [0.717, 1.165) is 0 Å². The minimum atomic E-state index is -1.47. The summed E-state index contributed by atoms with van der Waals surface area (Å²) >= 11 is 0. The highest BCUT2D eigenvalue weighted by atomic mass is 16.7. The Morgan fingerprint density at radius 3 is 1.87 bits per heavy atom. The molecular formula is C18H35N3O10. The van der Waals surface area contributed by atoms with Gasteiger partial charge in [0.2, 0.25) is 0 Å². The second-order valence-electron chi connectivity index (χ2n) is 8.72. The first-order valence-corrected chi connectivity index (χ1v) is 10.5. The van der Waals surface area contributed by atoms with Crippen LogP contribution in [0.1, 0.15) is 12.8 Å². The van der Waals surface area contributed by atoms with Gasteiger partial charge in [-0.25, -0.2) is 0 Å². The largest absolute Gasteiger partial charge is 0.394 e. The number of hydrogen-bond donors (Lipinski definition) is 10. The van der Waals surface area contributed by atoms with E-state index >= 15 is 0 Å². The van der Waals surface area contributed by atoms with Crippen molar-refractivity contribution in [3.8, 4) is 0 Å². The minimum absolute atomic E-state index is 0.0891. The molecule has 2 heterocycles. The molecule has 3 fully saturated rings. The molecule has 31 heavy (non-hydrogen) atoms. The third-order valence-corrected chi connectivity index (χ3v) is 6.67. The molecule has 13 N–H and O–H groups in total. The first kappa shape index (κ1) is 25.1. The third-order valence-electron chi connectivity index (χ3n) is 6.67. The van der Waals surface area contributed by atoms with Crippen LogP contribution >= 0.6 is 0 Å². The van der Waals surface area contributed by atoms with Crippen molar-refractivity contribution < 1.29 is 50.0 Å². The standard InChI is InChI=1S/C18H35N3O10/c19-6-2-7(20)12(24)17(31-18-16(28)14(26)10(4-23)30-18)5(6)1-8-11(21)15(27)13(25)9(3-22)29-8/h5-18,22-28H,1-4,19-21H2/t5-,6+,7-,8-,9-,10-,11+,12+,13-,14-,15-,16-,17+,18+/m1/s1. The van der Waals surface area contributed by atoms with Gasteiger partial charge >= 0.3 is 0 Å². The molecule has 0 amide bonds. The van der Waals surface area contributed by atoms with Crippen LogP contribution in [-0.2, 0) is 14.2 Å². The monoisotopic (exact) mass is 453 g/mol. The van der Waals surface area contributed by atoms with E-state index in [9.17, 15) is 35.7 Å². The molecule has 3 aliphatic rings. The van der Waals surface area contributed by atoms with Crippen LogP contribution in [-0.4, -0.2) is 128 Å². The third kappa shape index (κ3) is 4.89. The molecule has 14 atom stereocenters. The fraction of sp³-hybridized carbons (Fsp3) is 1.00. The van der Waals surface area contributed by atoms with Gasteiger partial charge in [0, 0.05) is 18.0 Å². The Labute approximate surface area is 179 Å². The van der Waals surface area contributed by atoms with Gasteiger partial charge in [0.05, 0.1) is 37.6 Å². The van der Waals surface area contributed by atoms with Gasteiger partial charge in [-0.3, -0.25) is 0 Å². The van der Waals surface area contributed by atoms with Crippen LogP contribution < -0.4 is 17.2 Å². The molecule has 0 bridgehead atoms. The molecule has 0 aromatic carbocycles. The molecule has 13 nitrogen and oxygen atoms in total. The van der Waals surface area contributed by atoms with Crippen LogP contribution in [0.15, 0.2) is 0 Å². The maximum Gasteiger partial charge on any atom is 0.187 e. The van der Waals surface area contributed by atoms with Crippen LogP contribution in [0.2, 0.25) is 0 Å². The van der Waals surface area contributed by atoms with E-state index in [0.29, 0.717) is 0 Å². The fourth-order valence-electron chi connectivity index (χ4n) is 4.69. The lowest BCUT2D eigenvalue weighted by atomic mass is 9.74. The Kier molecular flexibility index (Phi) is 8.24. The van der Waals surface area contributed by atoms with Crippen LogP contribution in [0.3, 0.4) is 0 Å². The van der Waals surface area contributed by atoms with Gasteiger partial charge < -0.3 is 67.2 Å². The topological polar surface area (TPSA) is 247 Å². The van der Waals surface area contributed by atoms with Crippen molar-refractivity contribution in [3.05, 3.63) is 0 Å². The lowest BCUT2D eigenvalue weighted by Gasteiger charge is -2.47. The summed E-state index contributed by atoms with van der Waals surface area (Å²) in [6.07, 6.45) is -11.7. The van der Waals surface area contributed by atoms with Gasteiger partial charge in [0.25, 0.3) is 0 Å². The van der Waals surface area contributed by atoms with Crippen molar-refractivity contribution >= 4 is 0 Å². The van der Waals surface area contributed by atoms with Gasteiger partial charge in [-0.15, -0.1) is 0 Å². The average molecular weight is 453 g/mol. The summed E-state index contributed by atoms with van der Waals surface area (Å²) in [5.41, 5.74) is 18.3. The lowest BCUT2D eigenvalue weighted by Crippen LogP contribution is -2.65. The predicted molar refractivity (Wildman–Crippen MR) is 103 cm³/mol. The van der Waals surface area contributed by atoms with Crippen molar-refractivity contribution in [2.45, 2.75) is 92.2 Å². The zero-order valence-electron chi connectivity index (χ0n) is 17.0. The zero-order chi connectivity index (χ0) is 23.0. The Balaban J connectivity index is 1.78. The first-order valence-electron chi connectivity index (χ1n) is 10.5. The molecule has 0 spiro atoms. The lowest BCUT2D eigenvalue weighted by molar-refractivity contribution is -0.240. The summed E-state index contributed by atoms with van der Waals surface area (Å²) in [5.74, 6) is -0.617. The first-order chi connectivity index (χ1) is 14.6. The summed E-state index contributed by atoms with van der Waals surface area (Å²) in [4.78, 5) is 0. The van der Waals surface area contributed by atoms with Gasteiger partial charge in [-0.2, -0.15) is 0 Å². The maximum absolute atomic E-state index is 10.7. The summed E-state index contributed by atoms with van der Waals surface area (Å²) in [6, 6.07) is -2.30. The maximum atomic E-state index is 10.7. The molecule has 0 aromatic rings. The van der Waals surface area contributed by atoms with E-state index < -0.39 is 98.5 Å². The normalized spacial score (nSPS) is 53.6. The molecule has 2 saturated heterocycles. The second-order valence-corrected chi connectivity index (χ2v) is 8.72. The predicted octanol–water partition coefficient (Wildman–Crippen LogP) is -5.96. The Morgan fingerprint density at radius 1 is 0.710 bits per heavy atom. The SMILES string of the molecule is N[C@@H]1[C@@H](O)[C@H](O)[C@@H](CO)O[C@@H]1C[C@H]1[C@H](O[C@@H]2O[C@H](CO)[C@@H](O)[C@H]2O)[C@@H](O)[C@H](N)C[C@@H]1N. The second kappa shape index (κ2) is 10.2. The fourth-order valence-corrected chi connectivity index (χ4v) is 4.69. The highest BCUT2D eigenvalue weighted by Gasteiger charge is 2.51. The van der Waals surface area contributed by atoms with Gasteiger partial charge in [0.1, 0.15) is 36.6 Å². The van der Waals surface area contributed by atoms with E-state index in [1.807, 2.05) is 0 Å². The summed E-state index contributed by atoms with van der Waals surface area (Å²) in [6.45, 7) is -1.07. The van der Waals surface area contributed by atoms with E-state index in [-0.39, 0.29) is 12.8 Å². The smallest absolute Gasteiger partial charge is 0.187 e. The van der Waals surface area contributed by atoms with Crippen LogP contribution in [0, 0.1) is 5.92 Å². The van der Waals surface area contributed by atoms with E-state index in [1.165, 1.54) is 0 Å². The van der Waals surface area contributed by atoms with Crippen molar-refractivity contribution in [1.29, 1.82) is 0 Å². The van der Waals surface area contributed by atoms with Gasteiger partial charge in [-0.1, -0.05) is 0 Å². The number of nitrogens with two attached hydrogens (primary N) is 3. The average Bonchev–Trinajstić information content (AvgIpc) is 3.02. The van der Waals surface area contributed by atoms with E-state index in [2.05, 4.69) is 0 Å². The quantitative estimate of drug-likeness (QED) is 0.180. The Hall–Kier alpha value is -0.520. The molecule has 1 aliphatic carbocycles. The highest BCUT2D eigenvalue weighted by molar-refractivity contribution is 5.02. The molecular weight excluding hydrogens is 418 g/mol. The van der Waals surface area contributed by atoms with Crippen molar-refractivity contribution in [2.75, 3.05) is 13.2 Å². The van der Waals surface area contributed by atoms with Crippen LogP contribution in [0.5, 0.6) is 0 Å². The van der Waals surface area contributed by atoms with Crippen LogP contribution in [0.25, 0.3) is 0 Å². The van der Waals surface area contributed by atoms with Gasteiger partial charge in [-0.05, 0) is 12.8 Å². The Bertz CT molecular complexity index is 589. The van der Waals surface area contributed by atoms with Crippen molar-refractivity contribution in [1.82, 2.24) is 0 Å². The van der Waals surface area contributed by atoms with E-state index in [4.69, 9.17) is 31.4 Å². The highest BCUT2D eigenvalue weighted by Crippen LogP contribution is 2.35. The molecule has 1 saturated carbocycles. The van der Waals surface area contributed by atoms with Crippen molar-refractivity contribution in [2.24, 2.45) is 23.1 Å². The Morgan fingerprint density at radius 2 is 1.29 bits per heavy atom. The number of ether oxygens (including phenoxy) is 3. The summed E-state index contributed by atoms with van der Waals surface area (Å²) in [5, 5.41) is 69.8. The molecule has 13 heteroatoms. The molecule has 0 radical (unpaired) electrons. The zero-order valence-corrected chi connectivity index (χ0v) is 17.0. The summed E-state index contributed by atoms with van der Waals surface area (Å²) < 4.78 is 16.8. The molecule has 0 unspecified atom stereocenters. The number of aliphatic hydroxyl groups is 7. The van der Waals surface area contributed by atoms with Crippen LogP contribution in [0.4, 0.5) is 0 Å². The van der Waals surface area contributed by atoms with E-state index in [1.54, 1.807) is 0 Å². The molecule has 182 valence electrons. The molecule has 3 rings (SSSR count). The molecule has 0 aromatic heterocycles. The minimum Gasteiger partial charge on any atom is -0.394 e. The van der Waals surface area contributed by atoms with Crippen molar-refractivity contribution in [3.63, 3.8) is 0 Å². The number of rotatable bonds is 6. The molecule has 2 aliphatic heterocycles. The number of hydrogen-bond acceptors (Lipinski definition) is 13.